The third kappa shape index (κ3) is 9.49. The molecule has 0 aromatic rings. The van der Waals surface area contributed by atoms with Crippen molar-refractivity contribution in [2.45, 2.75) is 90.7 Å². The number of rotatable bonds is 12. The lowest BCUT2D eigenvalue weighted by Crippen LogP contribution is -2.33. The Kier molecular flexibility index (Phi) is 12.4. The van der Waals surface area contributed by atoms with E-state index in [-0.39, 0.29) is 23.8 Å². The second-order valence-corrected chi connectivity index (χ2v) is 8.13. The van der Waals surface area contributed by atoms with Crippen molar-refractivity contribution < 1.29 is 19.4 Å². The van der Waals surface area contributed by atoms with E-state index in [4.69, 9.17) is 0 Å². The maximum Gasteiger partial charge on any atom is 0.305 e. The highest BCUT2D eigenvalue weighted by Crippen LogP contribution is 2.24. The molecular formula is C24H39NO4. The summed E-state index contributed by atoms with van der Waals surface area (Å²) in [5, 5.41) is 10.6. The normalized spacial score (nSPS) is 18.8. The number of aliphatic hydroxyl groups excluding tert-OH is 1. The molecule has 1 fully saturated rings. The lowest BCUT2D eigenvalue weighted by Gasteiger charge is -2.25. The first kappa shape index (κ1) is 25.2. The minimum atomic E-state index is -0.544. The molecule has 1 N–H and O–H groups in total. The average Bonchev–Trinajstić information content (AvgIpc) is 3.05. The number of nitrogens with zero attached hydrogens (tertiary/aromatic N) is 1. The number of ether oxygens (including phenoxy) is 1. The summed E-state index contributed by atoms with van der Waals surface area (Å²) in [5.41, 5.74) is 0. The van der Waals surface area contributed by atoms with E-state index >= 15 is 0 Å². The van der Waals surface area contributed by atoms with Gasteiger partial charge in [0.2, 0.25) is 5.91 Å². The van der Waals surface area contributed by atoms with Crippen molar-refractivity contribution in [1.29, 1.82) is 0 Å². The first-order valence-electron chi connectivity index (χ1n) is 11.1. The van der Waals surface area contributed by atoms with E-state index in [1.54, 1.807) is 0 Å². The Balaban J connectivity index is 2.49. The molecule has 1 aliphatic heterocycles. The fourth-order valence-corrected chi connectivity index (χ4v) is 3.70. The summed E-state index contributed by atoms with van der Waals surface area (Å²) >= 11 is 0. The minimum absolute atomic E-state index is 0.0711. The summed E-state index contributed by atoms with van der Waals surface area (Å²) in [5.74, 6) is 6.71. The first-order chi connectivity index (χ1) is 13.9. The van der Waals surface area contributed by atoms with Gasteiger partial charge < -0.3 is 14.7 Å². The molecule has 0 bridgehead atoms. The molecule has 164 valence electrons. The van der Waals surface area contributed by atoms with Gasteiger partial charge in [0.15, 0.2) is 0 Å². The standard InChI is InChI=1S/C24H39NO4/c1-5-6-9-12-21(19(2)3)22(26)16-14-20-15-17-23(27)25(20)18-11-8-7-10-13-24(28)29-4/h14,16,19-22,26H,5,7-8,10-13,15,17-18H2,1-4H3/b16-14+/t20-,21-,22-/m0/s1. The number of hydrogen-bond acceptors (Lipinski definition) is 4. The average molecular weight is 406 g/mol. The smallest absolute Gasteiger partial charge is 0.305 e. The summed E-state index contributed by atoms with van der Waals surface area (Å²) in [6, 6.07) is 0.0711. The second kappa shape index (κ2) is 14.2. The molecule has 0 aliphatic carbocycles. The van der Waals surface area contributed by atoms with E-state index in [1.807, 2.05) is 24.0 Å². The van der Waals surface area contributed by atoms with Gasteiger partial charge in [0.05, 0.1) is 19.3 Å². The lowest BCUT2D eigenvalue weighted by atomic mass is 9.87. The van der Waals surface area contributed by atoms with Crippen LogP contribution in [0.3, 0.4) is 0 Å². The van der Waals surface area contributed by atoms with Gasteiger partial charge in [-0.2, -0.15) is 0 Å². The second-order valence-electron chi connectivity index (χ2n) is 8.13. The van der Waals surface area contributed by atoms with Crippen LogP contribution >= 0.6 is 0 Å². The summed E-state index contributed by atoms with van der Waals surface area (Å²) < 4.78 is 4.64. The summed E-state index contributed by atoms with van der Waals surface area (Å²) in [7, 11) is 1.41. The molecule has 1 amide bonds. The highest BCUT2D eigenvalue weighted by Gasteiger charge is 2.29. The molecule has 1 aliphatic rings. The third-order valence-electron chi connectivity index (χ3n) is 5.60. The zero-order valence-electron chi connectivity index (χ0n) is 18.7. The van der Waals surface area contributed by atoms with Crippen molar-refractivity contribution in [2.24, 2.45) is 11.8 Å². The molecule has 5 heteroatoms. The number of hydrogen-bond donors (Lipinski definition) is 1. The fraction of sp³-hybridized carbons (Fsp3) is 0.750. The summed E-state index contributed by atoms with van der Waals surface area (Å²) in [6.07, 6.45) is 10.4. The van der Waals surface area contributed by atoms with Gasteiger partial charge in [-0.3, -0.25) is 9.59 Å². The van der Waals surface area contributed by atoms with E-state index in [1.165, 1.54) is 7.11 Å². The Morgan fingerprint density at radius 3 is 2.66 bits per heavy atom. The number of amides is 1. The van der Waals surface area contributed by atoms with Gasteiger partial charge in [-0.25, -0.2) is 0 Å². The van der Waals surface area contributed by atoms with Gasteiger partial charge in [-0.1, -0.05) is 45.8 Å². The molecule has 0 radical (unpaired) electrons. The molecule has 0 aromatic heterocycles. The summed E-state index contributed by atoms with van der Waals surface area (Å²) in [4.78, 5) is 25.3. The van der Waals surface area contributed by atoms with Crippen LogP contribution in [-0.2, 0) is 14.3 Å². The van der Waals surface area contributed by atoms with Crippen LogP contribution in [0.25, 0.3) is 0 Å². The Labute approximate surface area is 176 Å². The Bertz CT molecular complexity index is 587. The summed E-state index contributed by atoms with van der Waals surface area (Å²) in [6.45, 7) is 6.98. The highest BCUT2D eigenvalue weighted by molar-refractivity contribution is 5.79. The molecule has 0 spiro atoms. The predicted octanol–water partition coefficient (Wildman–Crippen LogP) is 4.09. The molecule has 3 atom stereocenters. The van der Waals surface area contributed by atoms with Crippen LogP contribution in [0.15, 0.2) is 12.2 Å². The Morgan fingerprint density at radius 2 is 2.00 bits per heavy atom. The van der Waals surface area contributed by atoms with Crippen molar-refractivity contribution in [3.05, 3.63) is 12.2 Å². The van der Waals surface area contributed by atoms with E-state index in [9.17, 15) is 14.7 Å². The maximum atomic E-state index is 12.2. The lowest BCUT2D eigenvalue weighted by molar-refractivity contribution is -0.140. The highest BCUT2D eigenvalue weighted by atomic mass is 16.5. The molecule has 5 nitrogen and oxygen atoms in total. The van der Waals surface area contributed by atoms with Gasteiger partial charge in [0.1, 0.15) is 0 Å². The van der Waals surface area contributed by atoms with Crippen LogP contribution < -0.4 is 0 Å². The Hall–Kier alpha value is -1.80. The number of unbranched alkanes of at least 4 members (excludes halogenated alkanes) is 3. The Morgan fingerprint density at radius 1 is 1.28 bits per heavy atom. The maximum absolute atomic E-state index is 12.2. The fourth-order valence-electron chi connectivity index (χ4n) is 3.70. The van der Waals surface area contributed by atoms with Crippen LogP contribution in [0, 0.1) is 23.7 Å². The first-order valence-corrected chi connectivity index (χ1v) is 11.1. The number of methoxy groups -OCH3 is 1. The molecule has 29 heavy (non-hydrogen) atoms. The number of likely N-dealkylation sites (tertiary alicyclic amines) is 1. The topological polar surface area (TPSA) is 66.8 Å². The number of esters is 1. The molecular weight excluding hydrogens is 366 g/mol. The monoisotopic (exact) mass is 405 g/mol. The molecule has 0 saturated carbocycles. The number of aliphatic hydroxyl groups is 1. The van der Waals surface area contributed by atoms with Gasteiger partial charge >= 0.3 is 5.97 Å². The number of carbonyl (C=O) groups is 2. The third-order valence-corrected chi connectivity index (χ3v) is 5.60. The zero-order chi connectivity index (χ0) is 21.6. The van der Waals surface area contributed by atoms with Crippen LogP contribution in [0.2, 0.25) is 0 Å². The van der Waals surface area contributed by atoms with Crippen molar-refractivity contribution in [3.63, 3.8) is 0 Å². The van der Waals surface area contributed by atoms with Crippen LogP contribution in [0.5, 0.6) is 0 Å². The largest absolute Gasteiger partial charge is 0.469 e. The molecule has 1 rings (SSSR count). The molecule has 1 heterocycles. The van der Waals surface area contributed by atoms with Crippen LogP contribution in [-0.4, -0.2) is 47.7 Å². The van der Waals surface area contributed by atoms with Crippen molar-refractivity contribution in [3.8, 4) is 11.8 Å². The molecule has 1 saturated heterocycles. The SMILES string of the molecule is CCC#CC[C@@H](C(C)C)[C@@H](O)/C=C/[C@H]1CCC(=O)N1CCCCCCC(=O)OC. The van der Waals surface area contributed by atoms with E-state index in [0.29, 0.717) is 25.2 Å². The van der Waals surface area contributed by atoms with E-state index < -0.39 is 6.10 Å². The van der Waals surface area contributed by atoms with E-state index in [0.717, 1.165) is 45.1 Å². The van der Waals surface area contributed by atoms with Crippen LogP contribution in [0.1, 0.15) is 78.6 Å². The van der Waals surface area contributed by atoms with E-state index in [2.05, 4.69) is 30.4 Å². The number of carbonyl (C=O) groups excluding carboxylic acids is 2. The van der Waals surface area contributed by atoms with Crippen LogP contribution in [0.4, 0.5) is 0 Å². The predicted molar refractivity (Wildman–Crippen MR) is 116 cm³/mol. The quantitative estimate of drug-likeness (QED) is 0.230. The van der Waals surface area contributed by atoms with Crippen molar-refractivity contribution in [1.82, 2.24) is 4.90 Å². The molecule has 0 unspecified atom stereocenters. The van der Waals surface area contributed by atoms with Gasteiger partial charge in [-0.15, -0.1) is 11.8 Å². The minimum Gasteiger partial charge on any atom is -0.469 e. The van der Waals surface area contributed by atoms with Crippen molar-refractivity contribution >= 4 is 11.9 Å². The zero-order valence-corrected chi connectivity index (χ0v) is 18.7. The van der Waals surface area contributed by atoms with Gasteiger partial charge in [0, 0.05) is 38.1 Å². The van der Waals surface area contributed by atoms with Gasteiger partial charge in [-0.05, 0) is 25.2 Å². The van der Waals surface area contributed by atoms with Gasteiger partial charge in [0.25, 0.3) is 0 Å². The molecule has 0 aromatic carbocycles. The van der Waals surface area contributed by atoms with Crippen molar-refractivity contribution in [2.75, 3.05) is 13.7 Å².